The zero-order chi connectivity index (χ0) is 26.3. The molecule has 1 aliphatic carbocycles. The van der Waals surface area contributed by atoms with E-state index in [1.165, 1.54) is 6.08 Å². The second kappa shape index (κ2) is 11.4. The maximum absolute atomic E-state index is 12.3. The molecule has 0 aromatic heterocycles. The number of hydrogen-bond acceptors (Lipinski definition) is 5. The zero-order valence-corrected chi connectivity index (χ0v) is 21.0. The lowest BCUT2D eigenvalue weighted by atomic mass is 9.90. The van der Waals surface area contributed by atoms with Crippen molar-refractivity contribution in [3.05, 3.63) is 72.3 Å². The highest BCUT2D eigenvalue weighted by molar-refractivity contribution is 5.92. The van der Waals surface area contributed by atoms with Crippen LogP contribution in [0.5, 0.6) is 0 Å². The Kier molecular flexibility index (Phi) is 8.53. The van der Waals surface area contributed by atoms with Crippen molar-refractivity contribution in [1.82, 2.24) is 0 Å². The van der Waals surface area contributed by atoms with Crippen LogP contribution in [0.15, 0.2) is 61.2 Å². The normalized spacial score (nSPS) is 15.4. The van der Waals surface area contributed by atoms with Crippen molar-refractivity contribution in [1.29, 1.82) is 0 Å². The highest BCUT2D eigenvalue weighted by Crippen LogP contribution is 2.40. The van der Waals surface area contributed by atoms with E-state index in [-0.39, 0.29) is 30.6 Å². The van der Waals surface area contributed by atoms with Gasteiger partial charge in [-0.25, -0.2) is 4.79 Å². The summed E-state index contributed by atoms with van der Waals surface area (Å²) >= 11 is 0. The maximum Gasteiger partial charge on any atom is 0.411 e. The Morgan fingerprint density at radius 3 is 1.97 bits per heavy atom. The first-order valence-corrected chi connectivity index (χ1v) is 12.0. The van der Waals surface area contributed by atoms with E-state index in [9.17, 15) is 19.5 Å². The van der Waals surface area contributed by atoms with Gasteiger partial charge in [0.1, 0.15) is 12.0 Å². The van der Waals surface area contributed by atoms with Crippen LogP contribution in [0, 0.1) is 11.3 Å². The van der Waals surface area contributed by atoms with Gasteiger partial charge in [0.2, 0.25) is 5.91 Å². The molecule has 1 atom stereocenters. The smallest absolute Gasteiger partial charge is 0.411 e. The van der Waals surface area contributed by atoms with Crippen LogP contribution in [0.1, 0.15) is 44.7 Å². The summed E-state index contributed by atoms with van der Waals surface area (Å²) in [4.78, 5) is 36.0. The van der Waals surface area contributed by atoms with E-state index in [0.717, 1.165) is 29.7 Å². The average Bonchev–Trinajstić information content (AvgIpc) is 3.59. The number of hydrogen-bond donors (Lipinski definition) is 3. The number of anilines is 2. The van der Waals surface area contributed by atoms with E-state index in [0.29, 0.717) is 12.1 Å². The first-order chi connectivity index (χ1) is 17.0. The summed E-state index contributed by atoms with van der Waals surface area (Å²) in [6.45, 7) is 8.72. The number of rotatable bonds is 12. The van der Waals surface area contributed by atoms with Crippen molar-refractivity contribution in [3.63, 3.8) is 0 Å². The molecule has 36 heavy (non-hydrogen) atoms. The van der Waals surface area contributed by atoms with E-state index in [1.807, 2.05) is 57.2 Å². The lowest BCUT2D eigenvalue weighted by Gasteiger charge is -2.27. The molecule has 2 aromatic rings. The number of carbonyl (C=O) groups excluding carboxylic acids is 2. The van der Waals surface area contributed by atoms with Gasteiger partial charge in [-0.05, 0) is 61.6 Å². The zero-order valence-electron chi connectivity index (χ0n) is 21.0. The monoisotopic (exact) mass is 494 g/mol. The fourth-order valence-electron chi connectivity index (χ4n) is 3.28. The summed E-state index contributed by atoms with van der Waals surface area (Å²) in [5.41, 5.74) is 1.58. The fraction of sp³-hybridized carbons (Fsp3) is 0.393. The quantitative estimate of drug-likeness (QED) is 0.348. The molecule has 2 aromatic carbocycles. The van der Waals surface area contributed by atoms with E-state index in [2.05, 4.69) is 17.2 Å². The van der Waals surface area contributed by atoms with Crippen molar-refractivity contribution >= 4 is 29.3 Å². The molecule has 0 aliphatic heterocycles. The van der Waals surface area contributed by atoms with Crippen molar-refractivity contribution in [2.45, 2.75) is 45.6 Å². The molecule has 0 radical (unpaired) electrons. The van der Waals surface area contributed by atoms with Crippen LogP contribution >= 0.6 is 0 Å². The molecule has 192 valence electrons. The van der Waals surface area contributed by atoms with E-state index < -0.39 is 17.5 Å². The molecular weight excluding hydrogens is 460 g/mol. The largest absolute Gasteiger partial charge is 0.480 e. The highest BCUT2D eigenvalue weighted by Gasteiger charge is 2.44. The molecule has 0 spiro atoms. The standard InChI is InChI=1S/C28H34N2O6/c1-5-28(25(32)33,18-36-27(4)14-15-27)17-35-26(34)30-23-12-8-21(9-13-23)16-20-6-10-22(11-7-20)29-24(31)19(2)3/h5-13,19H,1,14-18H2,2-4H3,(H,29,31)(H,30,34)(H,32,33). The lowest BCUT2D eigenvalue weighted by molar-refractivity contribution is -0.153. The molecule has 8 heteroatoms. The minimum absolute atomic E-state index is 0.0246. The average molecular weight is 495 g/mol. The molecule has 8 nitrogen and oxygen atoms in total. The van der Waals surface area contributed by atoms with Crippen LogP contribution in [0.2, 0.25) is 0 Å². The van der Waals surface area contributed by atoms with Crippen LogP contribution in [-0.4, -0.2) is 41.9 Å². The molecule has 3 rings (SSSR count). The Balaban J connectivity index is 1.51. The van der Waals surface area contributed by atoms with E-state index in [4.69, 9.17) is 9.47 Å². The molecule has 1 aliphatic rings. The van der Waals surface area contributed by atoms with Gasteiger partial charge in [-0.3, -0.25) is 14.9 Å². The summed E-state index contributed by atoms with van der Waals surface area (Å²) in [6.07, 6.45) is 2.93. The van der Waals surface area contributed by atoms with Crippen molar-refractivity contribution in [3.8, 4) is 0 Å². The number of amides is 2. The Morgan fingerprint density at radius 2 is 1.53 bits per heavy atom. The Bertz CT molecular complexity index is 1090. The molecule has 2 amide bonds. The van der Waals surface area contributed by atoms with Crippen molar-refractivity contribution in [2.75, 3.05) is 23.8 Å². The Morgan fingerprint density at radius 1 is 1.00 bits per heavy atom. The van der Waals surface area contributed by atoms with E-state index >= 15 is 0 Å². The third-order valence-electron chi connectivity index (χ3n) is 6.26. The minimum Gasteiger partial charge on any atom is -0.480 e. The number of carboxylic acid groups (broad SMARTS) is 1. The summed E-state index contributed by atoms with van der Waals surface area (Å²) in [5, 5.41) is 15.2. The number of carboxylic acids is 1. The van der Waals surface area contributed by atoms with Gasteiger partial charge >= 0.3 is 12.1 Å². The van der Waals surface area contributed by atoms with E-state index in [1.54, 1.807) is 12.1 Å². The number of benzene rings is 2. The topological polar surface area (TPSA) is 114 Å². The van der Waals surface area contributed by atoms with Crippen LogP contribution in [0.4, 0.5) is 16.2 Å². The number of ether oxygens (including phenoxy) is 2. The van der Waals surface area contributed by atoms with Gasteiger partial charge in [0.25, 0.3) is 0 Å². The maximum atomic E-state index is 12.3. The third kappa shape index (κ3) is 7.42. The predicted octanol–water partition coefficient (Wildman–Crippen LogP) is 5.25. The molecule has 1 saturated carbocycles. The molecule has 0 bridgehead atoms. The first kappa shape index (κ1) is 26.9. The van der Waals surface area contributed by atoms with Crippen LogP contribution in [0.25, 0.3) is 0 Å². The molecule has 1 unspecified atom stereocenters. The van der Waals surface area contributed by atoms with Gasteiger partial charge in [-0.15, -0.1) is 6.58 Å². The number of carbonyl (C=O) groups is 3. The number of aliphatic carboxylic acids is 1. The fourth-order valence-corrected chi connectivity index (χ4v) is 3.28. The summed E-state index contributed by atoms with van der Waals surface area (Å²) in [7, 11) is 0. The van der Waals surface area contributed by atoms with Gasteiger partial charge in [0.15, 0.2) is 0 Å². The summed E-state index contributed by atoms with van der Waals surface area (Å²) in [6, 6.07) is 14.9. The van der Waals surface area contributed by atoms with Crippen LogP contribution < -0.4 is 10.6 Å². The lowest BCUT2D eigenvalue weighted by Crippen LogP contribution is -2.41. The minimum atomic E-state index is -1.51. The van der Waals surface area contributed by atoms with Gasteiger partial charge < -0.3 is 19.9 Å². The second-order valence-electron chi connectivity index (χ2n) is 9.82. The van der Waals surface area contributed by atoms with Gasteiger partial charge in [-0.2, -0.15) is 0 Å². The van der Waals surface area contributed by atoms with Crippen molar-refractivity contribution < 1.29 is 29.0 Å². The molecule has 0 heterocycles. The Labute approximate surface area is 211 Å². The molecule has 0 saturated heterocycles. The van der Waals surface area contributed by atoms with Gasteiger partial charge in [0, 0.05) is 17.3 Å². The molecular formula is C28H34N2O6. The van der Waals surface area contributed by atoms with Crippen LogP contribution in [-0.2, 0) is 25.5 Å². The van der Waals surface area contributed by atoms with Crippen LogP contribution in [0.3, 0.4) is 0 Å². The SMILES string of the molecule is C=CC(COC(=O)Nc1ccc(Cc2ccc(NC(=O)C(C)C)cc2)cc1)(COC1(C)CC1)C(=O)O. The Hall–Kier alpha value is -3.65. The van der Waals surface area contributed by atoms with Gasteiger partial charge in [0.05, 0.1) is 12.2 Å². The number of nitrogens with one attached hydrogen (secondary N) is 2. The molecule has 3 N–H and O–H groups in total. The summed E-state index contributed by atoms with van der Waals surface area (Å²) < 4.78 is 10.9. The first-order valence-electron chi connectivity index (χ1n) is 12.0. The predicted molar refractivity (Wildman–Crippen MR) is 138 cm³/mol. The highest BCUT2D eigenvalue weighted by atomic mass is 16.6. The van der Waals surface area contributed by atoms with Crippen molar-refractivity contribution in [2.24, 2.45) is 11.3 Å². The van der Waals surface area contributed by atoms with Gasteiger partial charge in [-0.1, -0.05) is 44.2 Å². The third-order valence-corrected chi connectivity index (χ3v) is 6.26. The summed E-state index contributed by atoms with van der Waals surface area (Å²) in [5.74, 6) is -1.27. The second-order valence-corrected chi connectivity index (χ2v) is 9.82. The molecule has 1 fully saturated rings.